The van der Waals surface area contributed by atoms with Gasteiger partial charge in [-0.15, -0.1) is 0 Å². The average Bonchev–Trinajstić information content (AvgIpc) is 2.33. The molecule has 1 aromatic carbocycles. The number of alkyl halides is 1. The van der Waals surface area contributed by atoms with Crippen molar-refractivity contribution in [3.05, 3.63) is 64.9 Å². The van der Waals surface area contributed by atoms with Crippen LogP contribution in [0.15, 0.2) is 48.7 Å². The molecule has 0 N–H and O–H groups in total. The van der Waals surface area contributed by atoms with Crippen LogP contribution in [0.3, 0.4) is 0 Å². The molecule has 0 spiro atoms. The molecule has 0 fully saturated rings. The molecule has 1 unspecified atom stereocenters. The van der Waals surface area contributed by atoms with Crippen LogP contribution in [0.2, 0.25) is 5.02 Å². The van der Waals surface area contributed by atoms with Crippen LogP contribution in [-0.4, -0.2) is 4.98 Å². The fourth-order valence-electron chi connectivity index (χ4n) is 1.49. The molecule has 3 heteroatoms. The van der Waals surface area contributed by atoms with E-state index in [9.17, 15) is 0 Å². The topological polar surface area (TPSA) is 12.9 Å². The van der Waals surface area contributed by atoms with Gasteiger partial charge < -0.3 is 0 Å². The second-order valence-electron chi connectivity index (χ2n) is 3.55. The normalized spacial score (nSPS) is 12.4. The maximum atomic E-state index is 5.79. The van der Waals surface area contributed by atoms with E-state index in [-0.39, 0.29) is 0 Å². The van der Waals surface area contributed by atoms with Crippen molar-refractivity contribution >= 4 is 27.5 Å². The van der Waals surface area contributed by atoms with E-state index in [0.717, 1.165) is 12.1 Å². The Hall–Kier alpha value is -0.860. The minimum atomic E-state index is 0.294. The smallest absolute Gasteiger partial charge is 0.0589 e. The molecule has 0 bridgehead atoms. The summed E-state index contributed by atoms with van der Waals surface area (Å²) in [5.41, 5.74) is 2.30. The number of pyridine rings is 1. The van der Waals surface area contributed by atoms with E-state index in [1.165, 1.54) is 5.56 Å². The van der Waals surface area contributed by atoms with Gasteiger partial charge in [0.15, 0.2) is 0 Å². The summed E-state index contributed by atoms with van der Waals surface area (Å²) in [5, 5.41) is 0.676. The molecular formula is C13H11BrClN. The van der Waals surface area contributed by atoms with Crippen molar-refractivity contribution in [2.24, 2.45) is 0 Å². The number of halogens is 2. The Labute approximate surface area is 109 Å². The van der Waals surface area contributed by atoms with Crippen LogP contribution < -0.4 is 0 Å². The molecule has 0 saturated carbocycles. The number of benzene rings is 1. The van der Waals surface area contributed by atoms with Gasteiger partial charge in [0, 0.05) is 23.1 Å². The molecule has 0 saturated heterocycles. The molecule has 0 amide bonds. The van der Waals surface area contributed by atoms with Gasteiger partial charge in [-0.2, -0.15) is 0 Å². The fraction of sp³-hybridized carbons (Fsp3) is 0.154. The lowest BCUT2D eigenvalue weighted by molar-refractivity contribution is 0.905. The molecular weight excluding hydrogens is 286 g/mol. The molecule has 1 heterocycles. The van der Waals surface area contributed by atoms with Crippen molar-refractivity contribution in [1.29, 1.82) is 0 Å². The third-order valence-electron chi connectivity index (χ3n) is 2.34. The summed E-state index contributed by atoms with van der Waals surface area (Å²) in [6.07, 6.45) is 2.54. The van der Waals surface area contributed by atoms with Crippen LogP contribution in [0.5, 0.6) is 0 Å². The standard InChI is InChI=1S/C13H11BrClN/c14-13(10-4-2-1-3-5-10)8-12-7-6-11(15)9-16-12/h1-7,9,13H,8H2. The molecule has 82 valence electrons. The molecule has 1 atom stereocenters. The quantitative estimate of drug-likeness (QED) is 0.764. The molecule has 16 heavy (non-hydrogen) atoms. The minimum absolute atomic E-state index is 0.294. The van der Waals surface area contributed by atoms with E-state index in [1.807, 2.05) is 30.3 Å². The minimum Gasteiger partial charge on any atom is -0.260 e. The van der Waals surface area contributed by atoms with E-state index in [0.29, 0.717) is 9.85 Å². The number of nitrogens with zero attached hydrogens (tertiary/aromatic N) is 1. The van der Waals surface area contributed by atoms with Crippen molar-refractivity contribution in [1.82, 2.24) is 4.98 Å². The lowest BCUT2D eigenvalue weighted by Gasteiger charge is -2.09. The second kappa shape index (κ2) is 5.46. The highest BCUT2D eigenvalue weighted by Gasteiger charge is 2.08. The number of hydrogen-bond donors (Lipinski definition) is 0. The molecule has 1 aromatic heterocycles. The van der Waals surface area contributed by atoms with Crippen molar-refractivity contribution in [2.45, 2.75) is 11.2 Å². The van der Waals surface area contributed by atoms with Gasteiger partial charge in [-0.1, -0.05) is 57.9 Å². The van der Waals surface area contributed by atoms with Crippen LogP contribution in [0.4, 0.5) is 0 Å². The SMILES string of the molecule is Clc1ccc(CC(Br)c2ccccc2)nc1. The number of hydrogen-bond acceptors (Lipinski definition) is 1. The van der Waals surface area contributed by atoms with Crippen molar-refractivity contribution in [2.75, 3.05) is 0 Å². The summed E-state index contributed by atoms with van der Waals surface area (Å²) in [5.74, 6) is 0. The number of aromatic nitrogens is 1. The maximum absolute atomic E-state index is 5.79. The third kappa shape index (κ3) is 3.06. The summed E-state index contributed by atoms with van der Waals surface area (Å²) in [6.45, 7) is 0. The Kier molecular flexibility index (Phi) is 3.97. The molecule has 0 aliphatic rings. The van der Waals surface area contributed by atoms with Crippen molar-refractivity contribution < 1.29 is 0 Å². The van der Waals surface area contributed by atoms with Gasteiger partial charge >= 0.3 is 0 Å². The van der Waals surface area contributed by atoms with Gasteiger partial charge in [0.1, 0.15) is 0 Å². The highest BCUT2D eigenvalue weighted by atomic mass is 79.9. The van der Waals surface area contributed by atoms with E-state index < -0.39 is 0 Å². The first kappa shape index (κ1) is 11.6. The molecule has 2 aromatic rings. The van der Waals surface area contributed by atoms with E-state index >= 15 is 0 Å². The molecule has 1 nitrogen and oxygen atoms in total. The zero-order chi connectivity index (χ0) is 11.4. The molecule has 0 aliphatic carbocycles. The third-order valence-corrected chi connectivity index (χ3v) is 3.41. The summed E-state index contributed by atoms with van der Waals surface area (Å²) in [6, 6.07) is 14.1. The first-order chi connectivity index (χ1) is 7.75. The van der Waals surface area contributed by atoms with E-state index in [1.54, 1.807) is 6.20 Å². The van der Waals surface area contributed by atoms with Crippen LogP contribution in [0, 0.1) is 0 Å². The molecule has 0 radical (unpaired) electrons. The Bertz CT molecular complexity index is 441. The monoisotopic (exact) mass is 295 g/mol. The summed E-state index contributed by atoms with van der Waals surface area (Å²) >= 11 is 9.46. The van der Waals surface area contributed by atoms with Gasteiger partial charge in [0.05, 0.1) is 5.02 Å². The van der Waals surface area contributed by atoms with Crippen LogP contribution >= 0.6 is 27.5 Å². The van der Waals surface area contributed by atoms with Gasteiger partial charge in [-0.25, -0.2) is 0 Å². The van der Waals surface area contributed by atoms with Crippen LogP contribution in [0.25, 0.3) is 0 Å². The fourth-order valence-corrected chi connectivity index (χ4v) is 2.24. The zero-order valence-corrected chi connectivity index (χ0v) is 10.9. The van der Waals surface area contributed by atoms with E-state index in [4.69, 9.17) is 11.6 Å². The lowest BCUT2D eigenvalue weighted by Crippen LogP contribution is -1.97. The first-order valence-electron chi connectivity index (χ1n) is 5.05. The predicted molar refractivity (Wildman–Crippen MR) is 71.1 cm³/mol. The highest BCUT2D eigenvalue weighted by Crippen LogP contribution is 2.26. The zero-order valence-electron chi connectivity index (χ0n) is 8.61. The Morgan fingerprint density at radius 2 is 1.88 bits per heavy atom. The largest absolute Gasteiger partial charge is 0.260 e. The predicted octanol–water partition coefficient (Wildman–Crippen LogP) is 4.41. The molecule has 0 aliphatic heterocycles. The highest BCUT2D eigenvalue weighted by molar-refractivity contribution is 9.09. The average molecular weight is 297 g/mol. The Balaban J connectivity index is 2.08. The van der Waals surface area contributed by atoms with Gasteiger partial charge in [0.2, 0.25) is 0 Å². The summed E-state index contributed by atoms with van der Waals surface area (Å²) in [4.78, 5) is 4.58. The number of rotatable bonds is 3. The Morgan fingerprint density at radius 3 is 2.50 bits per heavy atom. The first-order valence-corrected chi connectivity index (χ1v) is 6.34. The second-order valence-corrected chi connectivity index (χ2v) is 5.09. The van der Waals surface area contributed by atoms with Gasteiger partial charge in [0.25, 0.3) is 0 Å². The Morgan fingerprint density at radius 1 is 1.12 bits per heavy atom. The van der Waals surface area contributed by atoms with Crippen molar-refractivity contribution in [3.63, 3.8) is 0 Å². The lowest BCUT2D eigenvalue weighted by atomic mass is 10.1. The van der Waals surface area contributed by atoms with Crippen molar-refractivity contribution in [3.8, 4) is 0 Å². The summed E-state index contributed by atoms with van der Waals surface area (Å²) < 4.78 is 0. The van der Waals surface area contributed by atoms with Gasteiger partial charge in [-0.3, -0.25) is 4.98 Å². The van der Waals surface area contributed by atoms with Crippen LogP contribution in [0.1, 0.15) is 16.1 Å². The van der Waals surface area contributed by atoms with E-state index in [2.05, 4.69) is 33.0 Å². The molecule has 2 rings (SSSR count). The van der Waals surface area contributed by atoms with Gasteiger partial charge in [-0.05, 0) is 17.7 Å². The van der Waals surface area contributed by atoms with Crippen LogP contribution in [-0.2, 0) is 6.42 Å². The maximum Gasteiger partial charge on any atom is 0.0589 e. The summed E-state index contributed by atoms with van der Waals surface area (Å²) in [7, 11) is 0.